The number of halogens is 1. The molecule has 2 aromatic rings. The third kappa shape index (κ3) is 4.50. The Morgan fingerprint density at radius 1 is 1.19 bits per heavy atom. The Labute approximate surface area is 155 Å². The number of hydrogen-bond donors (Lipinski definition) is 1. The molecule has 0 radical (unpaired) electrons. The number of amides is 1. The van der Waals surface area contributed by atoms with Gasteiger partial charge >= 0.3 is 0 Å². The Hall–Kier alpha value is -2.20. The highest BCUT2D eigenvalue weighted by atomic mass is 19.1. The standard InChI is InChI=1S/C22H27FN2O/c1-3-24-22(26)20-12-19(17-9-6-7-16(2)11-17)14-25(15-20)13-18-8-4-5-10-21(18)23/h4-11,19-20H,3,12-15H2,1-2H3,(H,24,26). The van der Waals surface area contributed by atoms with Crippen LogP contribution in [-0.4, -0.2) is 30.4 Å². The molecule has 1 amide bonds. The number of benzene rings is 2. The van der Waals surface area contributed by atoms with Crippen molar-refractivity contribution < 1.29 is 9.18 Å². The van der Waals surface area contributed by atoms with Crippen LogP contribution in [0.5, 0.6) is 0 Å². The van der Waals surface area contributed by atoms with Gasteiger partial charge in [0.1, 0.15) is 5.82 Å². The number of carbonyl (C=O) groups is 1. The van der Waals surface area contributed by atoms with Crippen molar-refractivity contribution in [2.75, 3.05) is 19.6 Å². The lowest BCUT2D eigenvalue weighted by Gasteiger charge is -2.37. The first-order chi connectivity index (χ1) is 12.6. The Morgan fingerprint density at radius 3 is 2.73 bits per heavy atom. The quantitative estimate of drug-likeness (QED) is 0.884. The van der Waals surface area contributed by atoms with E-state index in [2.05, 4.69) is 41.4 Å². The molecule has 1 aliphatic rings. The molecular weight excluding hydrogens is 327 g/mol. The minimum atomic E-state index is -0.181. The van der Waals surface area contributed by atoms with E-state index in [-0.39, 0.29) is 23.6 Å². The van der Waals surface area contributed by atoms with Gasteiger partial charge in [0.25, 0.3) is 0 Å². The van der Waals surface area contributed by atoms with Gasteiger partial charge in [-0.15, -0.1) is 0 Å². The average molecular weight is 354 g/mol. The van der Waals surface area contributed by atoms with Crippen LogP contribution in [0.25, 0.3) is 0 Å². The van der Waals surface area contributed by atoms with Crippen molar-refractivity contribution in [3.8, 4) is 0 Å². The zero-order valence-corrected chi connectivity index (χ0v) is 15.5. The summed E-state index contributed by atoms with van der Waals surface area (Å²) in [5.74, 6) is 0.132. The lowest BCUT2D eigenvalue weighted by atomic mass is 9.83. The average Bonchev–Trinajstić information content (AvgIpc) is 2.63. The monoisotopic (exact) mass is 354 g/mol. The molecule has 1 heterocycles. The summed E-state index contributed by atoms with van der Waals surface area (Å²) >= 11 is 0. The highest BCUT2D eigenvalue weighted by Gasteiger charge is 2.32. The van der Waals surface area contributed by atoms with Crippen molar-refractivity contribution in [2.24, 2.45) is 5.92 Å². The molecule has 2 unspecified atom stereocenters. The van der Waals surface area contributed by atoms with Gasteiger partial charge in [0.15, 0.2) is 0 Å². The summed E-state index contributed by atoms with van der Waals surface area (Å²) in [5.41, 5.74) is 3.17. The number of rotatable bonds is 5. The highest BCUT2D eigenvalue weighted by Crippen LogP contribution is 2.32. The van der Waals surface area contributed by atoms with Gasteiger partial charge in [0, 0.05) is 31.7 Å². The van der Waals surface area contributed by atoms with Crippen LogP contribution in [0.2, 0.25) is 0 Å². The Bertz CT molecular complexity index is 761. The second kappa shape index (κ2) is 8.45. The topological polar surface area (TPSA) is 32.3 Å². The molecule has 3 nitrogen and oxygen atoms in total. The summed E-state index contributed by atoms with van der Waals surface area (Å²) in [7, 11) is 0. The van der Waals surface area contributed by atoms with Crippen molar-refractivity contribution in [3.05, 3.63) is 71.0 Å². The number of carbonyl (C=O) groups excluding carboxylic acids is 1. The Kier molecular flexibility index (Phi) is 6.04. The van der Waals surface area contributed by atoms with Crippen LogP contribution in [0, 0.1) is 18.7 Å². The molecule has 2 atom stereocenters. The van der Waals surface area contributed by atoms with Crippen LogP contribution in [0.3, 0.4) is 0 Å². The van der Waals surface area contributed by atoms with E-state index in [1.54, 1.807) is 6.07 Å². The van der Waals surface area contributed by atoms with Crippen LogP contribution < -0.4 is 5.32 Å². The fourth-order valence-electron chi connectivity index (χ4n) is 3.86. The maximum Gasteiger partial charge on any atom is 0.224 e. The van der Waals surface area contributed by atoms with Gasteiger partial charge in [0.05, 0.1) is 5.92 Å². The molecular formula is C22H27FN2O. The molecule has 1 fully saturated rings. The third-order valence-corrected chi connectivity index (χ3v) is 5.11. The van der Waals surface area contributed by atoms with Crippen LogP contribution in [0.15, 0.2) is 48.5 Å². The van der Waals surface area contributed by atoms with Gasteiger partial charge in [-0.1, -0.05) is 48.0 Å². The molecule has 2 aromatic carbocycles. The van der Waals surface area contributed by atoms with Crippen molar-refractivity contribution in [3.63, 3.8) is 0 Å². The maximum absolute atomic E-state index is 14.1. The SMILES string of the molecule is CCNC(=O)C1CC(c2cccc(C)c2)CN(Cc2ccccc2F)C1. The minimum absolute atomic E-state index is 0.0685. The van der Waals surface area contributed by atoms with Crippen LogP contribution in [-0.2, 0) is 11.3 Å². The predicted molar refractivity (Wildman–Crippen MR) is 102 cm³/mol. The van der Waals surface area contributed by atoms with Crippen LogP contribution in [0.4, 0.5) is 4.39 Å². The minimum Gasteiger partial charge on any atom is -0.356 e. The van der Waals surface area contributed by atoms with E-state index in [9.17, 15) is 9.18 Å². The largest absolute Gasteiger partial charge is 0.356 e. The zero-order chi connectivity index (χ0) is 18.5. The first-order valence-electron chi connectivity index (χ1n) is 9.37. The summed E-state index contributed by atoms with van der Waals surface area (Å²) in [6, 6.07) is 15.4. The molecule has 3 rings (SSSR count). The third-order valence-electron chi connectivity index (χ3n) is 5.11. The van der Waals surface area contributed by atoms with Crippen LogP contribution in [0.1, 0.15) is 36.0 Å². The number of piperidine rings is 1. The Balaban J connectivity index is 1.82. The van der Waals surface area contributed by atoms with Crippen molar-refractivity contribution in [1.82, 2.24) is 10.2 Å². The molecule has 0 saturated carbocycles. The zero-order valence-electron chi connectivity index (χ0n) is 15.5. The smallest absolute Gasteiger partial charge is 0.224 e. The second-order valence-electron chi connectivity index (χ2n) is 7.22. The molecule has 4 heteroatoms. The molecule has 26 heavy (non-hydrogen) atoms. The fourth-order valence-corrected chi connectivity index (χ4v) is 3.86. The fraction of sp³-hybridized carbons (Fsp3) is 0.409. The van der Waals surface area contributed by atoms with E-state index in [1.165, 1.54) is 17.2 Å². The first-order valence-corrected chi connectivity index (χ1v) is 9.37. The van der Waals surface area contributed by atoms with E-state index < -0.39 is 0 Å². The van der Waals surface area contributed by atoms with E-state index in [4.69, 9.17) is 0 Å². The van der Waals surface area contributed by atoms with Gasteiger partial charge in [0.2, 0.25) is 5.91 Å². The molecule has 0 spiro atoms. The van der Waals surface area contributed by atoms with E-state index in [0.29, 0.717) is 25.2 Å². The van der Waals surface area contributed by atoms with Crippen LogP contribution >= 0.6 is 0 Å². The highest BCUT2D eigenvalue weighted by molar-refractivity contribution is 5.79. The summed E-state index contributed by atoms with van der Waals surface area (Å²) in [5, 5.41) is 2.95. The number of hydrogen-bond acceptors (Lipinski definition) is 2. The molecule has 1 aliphatic heterocycles. The number of aryl methyl sites for hydroxylation is 1. The maximum atomic E-state index is 14.1. The van der Waals surface area contributed by atoms with Gasteiger partial charge < -0.3 is 5.32 Å². The van der Waals surface area contributed by atoms with Crippen molar-refractivity contribution in [2.45, 2.75) is 32.7 Å². The number of nitrogens with zero attached hydrogens (tertiary/aromatic N) is 1. The summed E-state index contributed by atoms with van der Waals surface area (Å²) < 4.78 is 14.1. The molecule has 0 bridgehead atoms. The van der Waals surface area contributed by atoms with E-state index in [1.807, 2.05) is 19.1 Å². The van der Waals surface area contributed by atoms with Gasteiger partial charge in [-0.05, 0) is 37.8 Å². The number of likely N-dealkylation sites (tertiary alicyclic amines) is 1. The van der Waals surface area contributed by atoms with E-state index in [0.717, 1.165) is 13.0 Å². The van der Waals surface area contributed by atoms with Crippen molar-refractivity contribution >= 4 is 5.91 Å². The first kappa shape index (κ1) is 18.6. The van der Waals surface area contributed by atoms with Gasteiger partial charge in [-0.3, -0.25) is 9.69 Å². The second-order valence-corrected chi connectivity index (χ2v) is 7.22. The summed E-state index contributed by atoms with van der Waals surface area (Å²) in [6.07, 6.45) is 0.836. The summed E-state index contributed by atoms with van der Waals surface area (Å²) in [4.78, 5) is 14.7. The van der Waals surface area contributed by atoms with E-state index >= 15 is 0 Å². The number of nitrogens with one attached hydrogen (secondary N) is 1. The lowest BCUT2D eigenvalue weighted by molar-refractivity contribution is -0.127. The summed E-state index contributed by atoms with van der Waals surface area (Å²) in [6.45, 7) is 6.71. The Morgan fingerprint density at radius 2 is 2.00 bits per heavy atom. The van der Waals surface area contributed by atoms with Gasteiger partial charge in [-0.25, -0.2) is 4.39 Å². The normalized spacial score (nSPS) is 20.7. The molecule has 1 N–H and O–H groups in total. The van der Waals surface area contributed by atoms with Gasteiger partial charge in [-0.2, -0.15) is 0 Å². The molecule has 1 saturated heterocycles. The lowest BCUT2D eigenvalue weighted by Crippen LogP contribution is -2.45. The molecule has 138 valence electrons. The molecule has 0 aromatic heterocycles. The van der Waals surface area contributed by atoms with Crippen molar-refractivity contribution in [1.29, 1.82) is 0 Å². The predicted octanol–water partition coefficient (Wildman–Crippen LogP) is 3.88. The molecule has 0 aliphatic carbocycles.